The standard InChI is InChI=1S/C12H22N4OS/c1-5-10(6-11(13)16-17)15-8(3)12-7(2)14-9(4)18-12/h8,10,15,17H,5-6H2,1-4H3,(H2,13,16). The Balaban J connectivity index is 2.67. The number of hydrogen-bond donors (Lipinski definition) is 3. The molecule has 2 atom stereocenters. The van der Waals surface area contributed by atoms with Crippen LogP contribution in [0.1, 0.15) is 48.3 Å². The highest BCUT2D eigenvalue weighted by atomic mass is 32.1. The molecule has 2 unspecified atom stereocenters. The van der Waals surface area contributed by atoms with Crippen LogP contribution in [-0.2, 0) is 0 Å². The van der Waals surface area contributed by atoms with Crippen molar-refractivity contribution in [2.75, 3.05) is 0 Å². The van der Waals surface area contributed by atoms with Crippen LogP contribution in [0, 0.1) is 13.8 Å². The summed E-state index contributed by atoms with van der Waals surface area (Å²) >= 11 is 1.72. The topological polar surface area (TPSA) is 83.5 Å². The molecule has 6 heteroatoms. The zero-order chi connectivity index (χ0) is 13.7. The summed E-state index contributed by atoms with van der Waals surface area (Å²) in [4.78, 5) is 5.69. The maximum Gasteiger partial charge on any atom is 0.140 e. The molecule has 0 aliphatic carbocycles. The molecule has 0 aliphatic rings. The number of thiazole rings is 1. The normalized spacial score (nSPS) is 15.7. The van der Waals surface area contributed by atoms with Gasteiger partial charge < -0.3 is 16.3 Å². The third kappa shape index (κ3) is 3.96. The fourth-order valence-electron chi connectivity index (χ4n) is 1.99. The molecule has 0 saturated carbocycles. The zero-order valence-electron chi connectivity index (χ0n) is 11.4. The number of oxime groups is 1. The maximum absolute atomic E-state index is 8.61. The molecule has 0 aliphatic heterocycles. The van der Waals surface area contributed by atoms with Crippen LogP contribution in [0.3, 0.4) is 0 Å². The molecule has 1 heterocycles. The van der Waals surface area contributed by atoms with Crippen molar-refractivity contribution in [3.05, 3.63) is 15.6 Å². The molecular weight excluding hydrogens is 248 g/mol. The first kappa shape index (κ1) is 14.9. The number of aromatic nitrogens is 1. The summed E-state index contributed by atoms with van der Waals surface area (Å²) in [6.45, 7) is 8.25. The predicted octanol–water partition coefficient (Wildman–Crippen LogP) is 2.33. The summed E-state index contributed by atoms with van der Waals surface area (Å²) in [5.41, 5.74) is 6.63. The molecule has 0 fully saturated rings. The SMILES string of the molecule is CCC(CC(N)=NO)NC(C)c1sc(C)nc1C. The van der Waals surface area contributed by atoms with Gasteiger partial charge in [-0.1, -0.05) is 12.1 Å². The van der Waals surface area contributed by atoms with E-state index in [-0.39, 0.29) is 17.9 Å². The van der Waals surface area contributed by atoms with Gasteiger partial charge in [-0.05, 0) is 27.2 Å². The van der Waals surface area contributed by atoms with Crippen LogP contribution < -0.4 is 11.1 Å². The Labute approximate surface area is 112 Å². The highest BCUT2D eigenvalue weighted by Gasteiger charge is 2.17. The van der Waals surface area contributed by atoms with Crippen LogP contribution in [0.5, 0.6) is 0 Å². The number of hydrogen-bond acceptors (Lipinski definition) is 5. The first-order valence-corrected chi connectivity index (χ1v) is 6.95. The van der Waals surface area contributed by atoms with E-state index in [9.17, 15) is 0 Å². The summed E-state index contributed by atoms with van der Waals surface area (Å²) in [5.74, 6) is 0.263. The first-order valence-electron chi connectivity index (χ1n) is 6.14. The lowest BCUT2D eigenvalue weighted by molar-refractivity contribution is 0.315. The maximum atomic E-state index is 8.61. The smallest absolute Gasteiger partial charge is 0.140 e. The molecule has 0 bridgehead atoms. The van der Waals surface area contributed by atoms with Gasteiger partial charge in [0, 0.05) is 23.4 Å². The van der Waals surface area contributed by atoms with Crippen LogP contribution in [0.2, 0.25) is 0 Å². The van der Waals surface area contributed by atoms with Crippen molar-refractivity contribution in [1.29, 1.82) is 0 Å². The lowest BCUT2D eigenvalue weighted by Crippen LogP contribution is -2.34. The highest BCUT2D eigenvalue weighted by Crippen LogP contribution is 2.25. The molecule has 0 spiro atoms. The van der Waals surface area contributed by atoms with Crippen LogP contribution in [-0.4, -0.2) is 22.1 Å². The van der Waals surface area contributed by atoms with Gasteiger partial charge in [0.15, 0.2) is 0 Å². The fourth-order valence-corrected chi connectivity index (χ4v) is 2.93. The second-order valence-electron chi connectivity index (χ2n) is 4.47. The number of aryl methyl sites for hydroxylation is 2. The van der Waals surface area contributed by atoms with E-state index >= 15 is 0 Å². The van der Waals surface area contributed by atoms with Crippen molar-refractivity contribution in [2.24, 2.45) is 10.9 Å². The molecule has 102 valence electrons. The summed E-state index contributed by atoms with van der Waals surface area (Å²) in [7, 11) is 0. The van der Waals surface area contributed by atoms with E-state index in [1.807, 2.05) is 13.8 Å². The molecule has 1 aromatic heterocycles. The third-order valence-electron chi connectivity index (χ3n) is 2.90. The highest BCUT2D eigenvalue weighted by molar-refractivity contribution is 7.11. The van der Waals surface area contributed by atoms with E-state index in [1.54, 1.807) is 11.3 Å². The molecule has 1 rings (SSSR count). The monoisotopic (exact) mass is 270 g/mol. The molecule has 4 N–H and O–H groups in total. The number of amidine groups is 1. The molecule has 0 amide bonds. The molecule has 0 aromatic carbocycles. The van der Waals surface area contributed by atoms with Crippen LogP contribution >= 0.6 is 11.3 Å². The van der Waals surface area contributed by atoms with Gasteiger partial charge in [-0.25, -0.2) is 4.98 Å². The van der Waals surface area contributed by atoms with Crippen LogP contribution in [0.25, 0.3) is 0 Å². The summed E-state index contributed by atoms with van der Waals surface area (Å²) in [6, 6.07) is 0.436. The minimum absolute atomic E-state index is 0.206. The van der Waals surface area contributed by atoms with E-state index in [2.05, 4.69) is 29.3 Å². The summed E-state index contributed by atoms with van der Waals surface area (Å²) in [5, 5.41) is 16.2. The quantitative estimate of drug-likeness (QED) is 0.320. The molecular formula is C12H22N4OS. The number of nitrogens with one attached hydrogen (secondary N) is 1. The van der Waals surface area contributed by atoms with Gasteiger partial charge in [-0.15, -0.1) is 11.3 Å². The molecule has 5 nitrogen and oxygen atoms in total. The minimum Gasteiger partial charge on any atom is -0.409 e. The average Bonchev–Trinajstić information content (AvgIpc) is 2.67. The van der Waals surface area contributed by atoms with Gasteiger partial charge >= 0.3 is 0 Å². The predicted molar refractivity (Wildman–Crippen MR) is 75.2 cm³/mol. The molecule has 1 aromatic rings. The third-order valence-corrected chi connectivity index (χ3v) is 4.15. The van der Waals surface area contributed by atoms with Crippen LogP contribution in [0.4, 0.5) is 0 Å². The van der Waals surface area contributed by atoms with E-state index < -0.39 is 0 Å². The average molecular weight is 270 g/mol. The van der Waals surface area contributed by atoms with Crippen molar-refractivity contribution in [3.63, 3.8) is 0 Å². The van der Waals surface area contributed by atoms with Crippen molar-refractivity contribution in [2.45, 2.75) is 52.6 Å². The minimum atomic E-state index is 0.206. The van der Waals surface area contributed by atoms with E-state index in [0.717, 1.165) is 17.1 Å². The van der Waals surface area contributed by atoms with Crippen molar-refractivity contribution < 1.29 is 5.21 Å². The van der Waals surface area contributed by atoms with E-state index in [4.69, 9.17) is 10.9 Å². The van der Waals surface area contributed by atoms with Gasteiger partial charge in [-0.2, -0.15) is 0 Å². The summed E-state index contributed by atoms with van der Waals surface area (Å²) < 4.78 is 0. The lowest BCUT2D eigenvalue weighted by atomic mass is 10.1. The second kappa shape index (κ2) is 6.70. The van der Waals surface area contributed by atoms with Gasteiger partial charge in [0.1, 0.15) is 5.84 Å². The molecule has 0 saturated heterocycles. The fraction of sp³-hybridized carbons (Fsp3) is 0.667. The zero-order valence-corrected chi connectivity index (χ0v) is 12.2. The van der Waals surface area contributed by atoms with E-state index in [0.29, 0.717) is 6.42 Å². The Hall–Kier alpha value is -1.14. The Morgan fingerprint density at radius 2 is 2.22 bits per heavy atom. The Bertz CT molecular complexity index is 416. The van der Waals surface area contributed by atoms with Crippen LogP contribution in [0.15, 0.2) is 5.16 Å². The van der Waals surface area contributed by atoms with Gasteiger partial charge in [-0.3, -0.25) is 0 Å². The lowest BCUT2D eigenvalue weighted by Gasteiger charge is -2.21. The Morgan fingerprint density at radius 3 is 2.67 bits per heavy atom. The van der Waals surface area contributed by atoms with Crippen molar-refractivity contribution in [1.82, 2.24) is 10.3 Å². The van der Waals surface area contributed by atoms with Gasteiger partial charge in [0.25, 0.3) is 0 Å². The van der Waals surface area contributed by atoms with Crippen molar-refractivity contribution >= 4 is 17.2 Å². The van der Waals surface area contributed by atoms with E-state index in [1.165, 1.54) is 4.88 Å². The second-order valence-corrected chi connectivity index (χ2v) is 5.71. The Kier molecular flexibility index (Phi) is 5.55. The number of rotatable bonds is 6. The van der Waals surface area contributed by atoms with Gasteiger partial charge in [0.2, 0.25) is 0 Å². The van der Waals surface area contributed by atoms with Crippen molar-refractivity contribution in [3.8, 4) is 0 Å². The molecule has 0 radical (unpaired) electrons. The number of nitrogens with zero attached hydrogens (tertiary/aromatic N) is 2. The number of nitrogens with two attached hydrogens (primary N) is 1. The van der Waals surface area contributed by atoms with Gasteiger partial charge in [0.05, 0.1) is 10.7 Å². The largest absolute Gasteiger partial charge is 0.409 e. The molecule has 18 heavy (non-hydrogen) atoms. The Morgan fingerprint density at radius 1 is 1.56 bits per heavy atom. The first-order chi connectivity index (χ1) is 8.47. The summed E-state index contributed by atoms with van der Waals surface area (Å²) in [6.07, 6.45) is 1.48.